The third kappa shape index (κ3) is 4.99. The van der Waals surface area contributed by atoms with Gasteiger partial charge in [-0.25, -0.2) is 4.79 Å². The van der Waals surface area contributed by atoms with E-state index < -0.39 is 42.5 Å². The molecule has 1 spiro atoms. The molecule has 1 saturated heterocycles. The number of nitrogens with one attached hydrogen (secondary N) is 3. The molecule has 0 unspecified atom stereocenters. The number of hydrogen-bond donors (Lipinski definition) is 3. The maximum Gasteiger partial charge on any atom is 0.326 e. The first-order chi connectivity index (χ1) is 13.3. The third-order valence-corrected chi connectivity index (χ3v) is 5.17. The van der Waals surface area contributed by atoms with Crippen LogP contribution in [0.1, 0.15) is 46.0 Å². The lowest BCUT2D eigenvalue weighted by Crippen LogP contribution is -2.54. The van der Waals surface area contributed by atoms with E-state index in [9.17, 15) is 24.0 Å². The highest BCUT2D eigenvalue weighted by atomic mass is 16.5. The Labute approximate surface area is 163 Å². The van der Waals surface area contributed by atoms with Crippen LogP contribution in [0.3, 0.4) is 0 Å². The summed E-state index contributed by atoms with van der Waals surface area (Å²) in [5.74, 6) is -2.28. The maximum absolute atomic E-state index is 12.8. The van der Waals surface area contributed by atoms with Crippen LogP contribution in [-0.2, 0) is 23.9 Å². The Bertz CT molecular complexity index is 652. The van der Waals surface area contributed by atoms with Gasteiger partial charge in [-0.3, -0.25) is 24.1 Å². The summed E-state index contributed by atoms with van der Waals surface area (Å²) < 4.78 is 4.82. The largest absolute Gasteiger partial charge is 0.454 e. The molecule has 156 valence electrons. The van der Waals surface area contributed by atoms with E-state index in [2.05, 4.69) is 16.0 Å². The molecule has 0 aromatic heterocycles. The zero-order valence-electron chi connectivity index (χ0n) is 16.3. The van der Waals surface area contributed by atoms with E-state index in [1.54, 1.807) is 0 Å². The topological polar surface area (TPSA) is 134 Å². The summed E-state index contributed by atoms with van der Waals surface area (Å²) in [6.45, 7) is 2.97. The smallest absolute Gasteiger partial charge is 0.326 e. The number of carbonyl (C=O) groups excluding carboxylic acids is 5. The normalized spacial score (nSPS) is 24.1. The van der Waals surface area contributed by atoms with E-state index in [0.717, 1.165) is 30.6 Å². The molecule has 28 heavy (non-hydrogen) atoms. The Morgan fingerprint density at radius 3 is 2.64 bits per heavy atom. The highest BCUT2D eigenvalue weighted by Crippen LogP contribution is 2.38. The summed E-state index contributed by atoms with van der Waals surface area (Å²) >= 11 is 0. The molecule has 5 amide bonds. The van der Waals surface area contributed by atoms with E-state index in [0.29, 0.717) is 13.0 Å². The van der Waals surface area contributed by atoms with Crippen LogP contribution >= 0.6 is 0 Å². The van der Waals surface area contributed by atoms with Gasteiger partial charge in [-0.15, -0.1) is 0 Å². The Balaban J connectivity index is 1.78. The van der Waals surface area contributed by atoms with Gasteiger partial charge in [0.25, 0.3) is 11.8 Å². The number of esters is 1. The van der Waals surface area contributed by atoms with E-state index in [-0.39, 0.29) is 18.4 Å². The molecule has 1 aliphatic heterocycles. The van der Waals surface area contributed by atoms with Crippen LogP contribution in [0.5, 0.6) is 0 Å². The Hall–Kier alpha value is -2.65. The van der Waals surface area contributed by atoms with Gasteiger partial charge < -0.3 is 20.7 Å². The number of hydrogen-bond acceptors (Lipinski definition) is 6. The first-order valence-corrected chi connectivity index (χ1v) is 9.63. The van der Waals surface area contributed by atoms with Crippen LogP contribution in [0.25, 0.3) is 0 Å². The van der Waals surface area contributed by atoms with Gasteiger partial charge >= 0.3 is 12.0 Å². The number of ether oxygens (including phenoxy) is 1. The van der Waals surface area contributed by atoms with Crippen molar-refractivity contribution in [1.82, 2.24) is 20.9 Å². The molecule has 0 bridgehead atoms. The van der Waals surface area contributed by atoms with Crippen LogP contribution in [-0.4, -0.2) is 66.4 Å². The molecule has 0 aromatic carbocycles. The van der Waals surface area contributed by atoms with Gasteiger partial charge in [0, 0.05) is 6.54 Å². The second kappa shape index (κ2) is 9.52. The first kappa shape index (κ1) is 21.6. The molecule has 0 aromatic rings. The van der Waals surface area contributed by atoms with Gasteiger partial charge in [0.1, 0.15) is 12.1 Å². The summed E-state index contributed by atoms with van der Waals surface area (Å²) in [4.78, 5) is 60.8. The molecule has 1 aliphatic carbocycles. The zero-order valence-corrected chi connectivity index (χ0v) is 16.3. The summed E-state index contributed by atoms with van der Waals surface area (Å²) in [6, 6.07) is -0.618. The van der Waals surface area contributed by atoms with Crippen molar-refractivity contribution in [2.24, 2.45) is 5.92 Å². The van der Waals surface area contributed by atoms with Crippen LogP contribution in [0.15, 0.2) is 0 Å². The fourth-order valence-electron chi connectivity index (χ4n) is 3.52. The van der Waals surface area contributed by atoms with Crippen molar-refractivity contribution in [3.8, 4) is 0 Å². The standard InChI is InChI=1S/C18H28N4O6/c1-3-8-19-13(23)9-20-14(24)11-28-15(25)10-22-16(26)18(21-17(22)27)7-5-4-6-12(18)2/h12H,3-11H2,1-2H3,(H,19,23)(H,20,24)(H,21,27)/t12-,18+/m0/s1. The molecule has 10 heteroatoms. The van der Waals surface area contributed by atoms with Crippen LogP contribution in [0.2, 0.25) is 0 Å². The lowest BCUT2D eigenvalue weighted by atomic mass is 9.73. The minimum absolute atomic E-state index is 0.0108. The molecule has 2 fully saturated rings. The zero-order chi connectivity index (χ0) is 20.7. The molecule has 2 aliphatic rings. The Morgan fingerprint density at radius 1 is 1.21 bits per heavy atom. The van der Waals surface area contributed by atoms with Gasteiger partial charge in [-0.05, 0) is 25.2 Å². The Kier molecular flexibility index (Phi) is 7.36. The molecule has 3 N–H and O–H groups in total. The Morgan fingerprint density at radius 2 is 1.96 bits per heavy atom. The summed E-state index contributed by atoms with van der Waals surface area (Å²) in [6.07, 6.45) is 3.99. The highest BCUT2D eigenvalue weighted by Gasteiger charge is 2.55. The van der Waals surface area contributed by atoms with Gasteiger partial charge in [0.15, 0.2) is 6.61 Å². The van der Waals surface area contributed by atoms with Crippen molar-refractivity contribution in [3.63, 3.8) is 0 Å². The molecule has 1 heterocycles. The molecular weight excluding hydrogens is 368 g/mol. The summed E-state index contributed by atoms with van der Waals surface area (Å²) in [5.41, 5.74) is -0.946. The van der Waals surface area contributed by atoms with Crippen LogP contribution < -0.4 is 16.0 Å². The van der Waals surface area contributed by atoms with Gasteiger partial charge in [0.2, 0.25) is 5.91 Å². The van der Waals surface area contributed by atoms with Gasteiger partial charge in [0.05, 0.1) is 6.54 Å². The fraction of sp³-hybridized carbons (Fsp3) is 0.722. The second-order valence-corrected chi connectivity index (χ2v) is 7.23. The van der Waals surface area contributed by atoms with Crippen LogP contribution in [0.4, 0.5) is 4.79 Å². The second-order valence-electron chi connectivity index (χ2n) is 7.23. The number of amides is 5. The number of urea groups is 1. The van der Waals surface area contributed by atoms with E-state index in [4.69, 9.17) is 4.74 Å². The maximum atomic E-state index is 12.8. The van der Waals surface area contributed by atoms with Crippen molar-refractivity contribution >= 4 is 29.7 Å². The monoisotopic (exact) mass is 396 g/mol. The van der Waals surface area contributed by atoms with E-state index in [1.807, 2.05) is 13.8 Å². The quantitative estimate of drug-likeness (QED) is 0.380. The lowest BCUT2D eigenvalue weighted by Gasteiger charge is -2.36. The van der Waals surface area contributed by atoms with Crippen molar-refractivity contribution < 1.29 is 28.7 Å². The highest BCUT2D eigenvalue weighted by molar-refractivity contribution is 6.09. The lowest BCUT2D eigenvalue weighted by molar-refractivity contribution is -0.151. The molecule has 0 radical (unpaired) electrons. The van der Waals surface area contributed by atoms with Crippen LogP contribution in [0, 0.1) is 5.92 Å². The first-order valence-electron chi connectivity index (χ1n) is 9.63. The van der Waals surface area contributed by atoms with E-state index >= 15 is 0 Å². The summed E-state index contributed by atoms with van der Waals surface area (Å²) in [7, 11) is 0. The van der Waals surface area contributed by atoms with E-state index in [1.165, 1.54) is 0 Å². The predicted octanol–water partition coefficient (Wildman–Crippen LogP) is -0.327. The molecule has 10 nitrogen and oxygen atoms in total. The minimum Gasteiger partial charge on any atom is -0.454 e. The fourth-order valence-corrected chi connectivity index (χ4v) is 3.52. The molecule has 1 saturated carbocycles. The molecular formula is C18H28N4O6. The average molecular weight is 396 g/mol. The average Bonchev–Trinajstić information content (AvgIpc) is 2.90. The molecule has 2 rings (SSSR count). The number of carbonyl (C=O) groups is 5. The number of imide groups is 1. The minimum atomic E-state index is -0.946. The summed E-state index contributed by atoms with van der Waals surface area (Å²) in [5, 5.41) is 7.66. The van der Waals surface area contributed by atoms with Crippen molar-refractivity contribution in [3.05, 3.63) is 0 Å². The SMILES string of the molecule is CCCNC(=O)CNC(=O)COC(=O)CN1C(=O)N[C@@]2(CCCC[C@@H]2C)C1=O. The van der Waals surface area contributed by atoms with Crippen molar-refractivity contribution in [2.75, 3.05) is 26.2 Å². The third-order valence-electron chi connectivity index (χ3n) is 5.17. The van der Waals surface area contributed by atoms with Gasteiger partial charge in [-0.1, -0.05) is 26.7 Å². The number of rotatable bonds is 8. The number of nitrogens with zero attached hydrogens (tertiary/aromatic N) is 1. The predicted molar refractivity (Wildman–Crippen MR) is 97.9 cm³/mol. The van der Waals surface area contributed by atoms with Gasteiger partial charge in [-0.2, -0.15) is 0 Å². The van der Waals surface area contributed by atoms with Crippen molar-refractivity contribution in [2.45, 2.75) is 51.5 Å². The van der Waals surface area contributed by atoms with Crippen molar-refractivity contribution in [1.29, 1.82) is 0 Å². The molecule has 2 atom stereocenters.